The molecule has 0 fully saturated rings. The lowest BCUT2D eigenvalue weighted by molar-refractivity contribution is 0.683. The van der Waals surface area contributed by atoms with E-state index < -0.39 is 0 Å². The number of hydrogen-bond donors (Lipinski definition) is 0. The molecule has 1 aromatic carbocycles. The zero-order valence-corrected chi connectivity index (χ0v) is 7.89. The van der Waals surface area contributed by atoms with Crippen LogP contribution in [0.1, 0.15) is 31.9 Å². The van der Waals surface area contributed by atoms with E-state index in [0.717, 1.165) is 0 Å². The number of fused-ring (bicyclic) bond motifs is 1. The van der Waals surface area contributed by atoms with Crippen LogP contribution in [0.3, 0.4) is 0 Å². The van der Waals surface area contributed by atoms with Crippen LogP contribution >= 0.6 is 0 Å². The molecule has 0 amide bonds. The fraction of sp³-hybridized carbons (Fsp3) is 0.333. The van der Waals surface area contributed by atoms with Crippen molar-refractivity contribution in [3.8, 4) is 0 Å². The summed E-state index contributed by atoms with van der Waals surface area (Å²) >= 11 is 0. The Morgan fingerprint density at radius 2 is 1.75 bits per heavy atom. The third kappa shape index (κ3) is 0.911. The summed E-state index contributed by atoms with van der Waals surface area (Å²) in [5, 5.41) is 0. The normalized spacial score (nSPS) is 18.8. The van der Waals surface area contributed by atoms with Crippen molar-refractivity contribution >= 4 is 5.57 Å². The molecule has 0 spiro atoms. The van der Waals surface area contributed by atoms with Gasteiger partial charge in [-0.05, 0) is 23.6 Å². The van der Waals surface area contributed by atoms with Crippen molar-refractivity contribution in [3.63, 3.8) is 0 Å². The molecule has 0 aliphatic heterocycles. The molecule has 1 aliphatic rings. The summed E-state index contributed by atoms with van der Waals surface area (Å²) in [6.07, 6.45) is 2.34. The molecule has 0 atom stereocenters. The third-order valence-electron chi connectivity index (χ3n) is 2.62. The second-order valence-electron chi connectivity index (χ2n) is 4.09. The first-order chi connectivity index (χ1) is 5.61. The van der Waals surface area contributed by atoms with E-state index in [1.807, 2.05) is 0 Å². The van der Waals surface area contributed by atoms with Crippen molar-refractivity contribution in [3.05, 3.63) is 41.5 Å². The van der Waals surface area contributed by atoms with Gasteiger partial charge >= 0.3 is 0 Å². The minimum absolute atomic E-state index is 0.237. The quantitative estimate of drug-likeness (QED) is 0.543. The predicted octanol–water partition coefficient (Wildman–Crippen LogP) is 3.38. The molecule has 0 N–H and O–H groups in total. The molecule has 0 heterocycles. The van der Waals surface area contributed by atoms with E-state index >= 15 is 0 Å². The molecule has 62 valence electrons. The monoisotopic (exact) mass is 158 g/mol. The molecule has 12 heavy (non-hydrogen) atoms. The maximum absolute atomic E-state index is 2.34. The fourth-order valence-electron chi connectivity index (χ4n) is 2.09. The zero-order valence-electron chi connectivity index (χ0n) is 7.89. The van der Waals surface area contributed by atoms with Crippen LogP contribution in [0.5, 0.6) is 0 Å². The molecule has 1 aromatic rings. The van der Waals surface area contributed by atoms with Gasteiger partial charge in [0.2, 0.25) is 0 Å². The second-order valence-corrected chi connectivity index (χ2v) is 4.09. The number of hydrogen-bond acceptors (Lipinski definition) is 0. The van der Waals surface area contributed by atoms with Crippen molar-refractivity contribution in [2.24, 2.45) is 0 Å². The molecular formula is C12H14. The predicted molar refractivity (Wildman–Crippen MR) is 53.1 cm³/mol. The molecule has 2 rings (SSSR count). The maximum atomic E-state index is 2.34. The number of allylic oxidation sites excluding steroid dienone is 2. The van der Waals surface area contributed by atoms with Crippen LogP contribution in [0.4, 0.5) is 0 Å². The van der Waals surface area contributed by atoms with Gasteiger partial charge in [0.05, 0.1) is 0 Å². The Bertz CT molecular complexity index is 343. The number of benzene rings is 1. The standard InChI is InChI=1S/C12H14/c1-9-8-12(2,3)11-7-5-4-6-10(9)11/h4-8H,1-3H3. The van der Waals surface area contributed by atoms with Crippen molar-refractivity contribution in [2.45, 2.75) is 26.2 Å². The summed E-state index contributed by atoms with van der Waals surface area (Å²) < 4.78 is 0. The van der Waals surface area contributed by atoms with Crippen molar-refractivity contribution in [2.75, 3.05) is 0 Å². The summed E-state index contributed by atoms with van der Waals surface area (Å²) in [6.45, 7) is 6.72. The fourth-order valence-corrected chi connectivity index (χ4v) is 2.09. The Morgan fingerprint density at radius 3 is 2.42 bits per heavy atom. The van der Waals surface area contributed by atoms with Crippen LogP contribution in [-0.2, 0) is 5.41 Å². The van der Waals surface area contributed by atoms with Gasteiger partial charge in [-0.15, -0.1) is 0 Å². The SMILES string of the molecule is CC1=CC(C)(C)c2ccccc21. The van der Waals surface area contributed by atoms with Crippen molar-refractivity contribution < 1.29 is 0 Å². The third-order valence-corrected chi connectivity index (χ3v) is 2.62. The van der Waals surface area contributed by atoms with Gasteiger partial charge in [0.15, 0.2) is 0 Å². The Hall–Kier alpha value is -1.04. The average molecular weight is 158 g/mol. The van der Waals surface area contributed by atoms with Crippen molar-refractivity contribution in [1.29, 1.82) is 0 Å². The molecule has 0 aromatic heterocycles. The molecule has 0 unspecified atom stereocenters. The summed E-state index contributed by atoms with van der Waals surface area (Å²) in [6, 6.07) is 8.66. The highest BCUT2D eigenvalue weighted by atomic mass is 14.3. The Morgan fingerprint density at radius 1 is 1.08 bits per heavy atom. The van der Waals surface area contributed by atoms with E-state index in [9.17, 15) is 0 Å². The summed E-state index contributed by atoms with van der Waals surface area (Å²) in [7, 11) is 0. The lowest BCUT2D eigenvalue weighted by Gasteiger charge is -2.16. The number of rotatable bonds is 0. The highest BCUT2D eigenvalue weighted by molar-refractivity contribution is 5.74. The minimum Gasteiger partial charge on any atom is -0.0709 e. The van der Waals surface area contributed by atoms with Crippen LogP contribution in [0.15, 0.2) is 30.3 Å². The minimum atomic E-state index is 0.237. The van der Waals surface area contributed by atoms with E-state index in [2.05, 4.69) is 51.1 Å². The molecule has 0 nitrogen and oxygen atoms in total. The largest absolute Gasteiger partial charge is 0.0709 e. The van der Waals surface area contributed by atoms with Crippen LogP contribution in [0.25, 0.3) is 5.57 Å². The van der Waals surface area contributed by atoms with Crippen LogP contribution in [0, 0.1) is 0 Å². The van der Waals surface area contributed by atoms with Gasteiger partial charge in [0.25, 0.3) is 0 Å². The van der Waals surface area contributed by atoms with Gasteiger partial charge in [-0.25, -0.2) is 0 Å². The van der Waals surface area contributed by atoms with Gasteiger partial charge in [0.1, 0.15) is 0 Å². The smallest absolute Gasteiger partial charge is 0.00872 e. The average Bonchev–Trinajstić information content (AvgIpc) is 2.25. The van der Waals surface area contributed by atoms with Gasteiger partial charge in [-0.1, -0.05) is 44.2 Å². The van der Waals surface area contributed by atoms with Crippen molar-refractivity contribution in [1.82, 2.24) is 0 Å². The summed E-state index contributed by atoms with van der Waals surface area (Å²) in [5.74, 6) is 0. The lowest BCUT2D eigenvalue weighted by Crippen LogP contribution is -2.10. The van der Waals surface area contributed by atoms with E-state index in [-0.39, 0.29) is 5.41 Å². The van der Waals surface area contributed by atoms with Crippen LogP contribution in [0.2, 0.25) is 0 Å². The Kier molecular flexibility index (Phi) is 1.41. The first kappa shape index (κ1) is 7.60. The highest BCUT2D eigenvalue weighted by Crippen LogP contribution is 2.39. The van der Waals surface area contributed by atoms with Crippen LogP contribution < -0.4 is 0 Å². The molecule has 0 saturated heterocycles. The molecule has 1 aliphatic carbocycles. The highest BCUT2D eigenvalue weighted by Gasteiger charge is 2.26. The summed E-state index contributed by atoms with van der Waals surface area (Å²) in [5.41, 5.74) is 4.53. The zero-order chi connectivity index (χ0) is 8.77. The van der Waals surface area contributed by atoms with E-state index in [1.165, 1.54) is 16.7 Å². The molecule has 0 bridgehead atoms. The van der Waals surface area contributed by atoms with Gasteiger partial charge in [0, 0.05) is 5.41 Å². The Labute approximate surface area is 73.9 Å². The van der Waals surface area contributed by atoms with Gasteiger partial charge in [-0.2, -0.15) is 0 Å². The van der Waals surface area contributed by atoms with E-state index in [4.69, 9.17) is 0 Å². The second kappa shape index (κ2) is 2.22. The maximum Gasteiger partial charge on any atom is 0.00872 e. The topological polar surface area (TPSA) is 0 Å². The van der Waals surface area contributed by atoms with Crippen LogP contribution in [-0.4, -0.2) is 0 Å². The van der Waals surface area contributed by atoms with E-state index in [0.29, 0.717) is 0 Å². The molecule has 0 heteroatoms. The van der Waals surface area contributed by atoms with E-state index in [1.54, 1.807) is 0 Å². The lowest BCUT2D eigenvalue weighted by atomic mass is 9.87. The van der Waals surface area contributed by atoms with Gasteiger partial charge < -0.3 is 0 Å². The first-order valence-electron chi connectivity index (χ1n) is 4.40. The molecular weight excluding hydrogens is 144 g/mol. The Balaban J connectivity index is 2.68. The molecule has 0 radical (unpaired) electrons. The first-order valence-corrected chi connectivity index (χ1v) is 4.40. The summed E-state index contributed by atoms with van der Waals surface area (Å²) in [4.78, 5) is 0. The van der Waals surface area contributed by atoms with Gasteiger partial charge in [-0.3, -0.25) is 0 Å². The molecule has 0 saturated carbocycles.